The lowest BCUT2D eigenvalue weighted by Gasteiger charge is -2.49. The maximum Gasteiger partial charge on any atom is 0.0441 e. The molecule has 0 bridgehead atoms. The highest BCUT2D eigenvalue weighted by molar-refractivity contribution is 6.31. The second-order valence-corrected chi connectivity index (χ2v) is 7.53. The van der Waals surface area contributed by atoms with Crippen molar-refractivity contribution in [2.75, 3.05) is 13.1 Å². The van der Waals surface area contributed by atoms with Gasteiger partial charge in [0.05, 0.1) is 0 Å². The fourth-order valence-corrected chi connectivity index (χ4v) is 4.99. The molecule has 2 aliphatic rings. The maximum atomic E-state index is 6.51. The SMILES string of the molecule is CCCC1CCC2(CCNCC2c2ccccc2Cl)CC1. The Bertz CT molecular complexity index is 462. The van der Waals surface area contributed by atoms with Gasteiger partial charge in [-0.1, -0.05) is 49.6 Å². The van der Waals surface area contributed by atoms with Gasteiger partial charge in [-0.2, -0.15) is 0 Å². The van der Waals surface area contributed by atoms with Gasteiger partial charge >= 0.3 is 0 Å². The Kier molecular flexibility index (Phi) is 4.91. The molecule has 0 amide bonds. The van der Waals surface area contributed by atoms with Gasteiger partial charge in [-0.3, -0.25) is 0 Å². The minimum absolute atomic E-state index is 0.500. The minimum Gasteiger partial charge on any atom is -0.316 e. The lowest BCUT2D eigenvalue weighted by molar-refractivity contribution is 0.0769. The number of piperidine rings is 1. The molecule has 1 aliphatic heterocycles. The first-order valence-corrected chi connectivity index (χ1v) is 9.08. The van der Waals surface area contributed by atoms with E-state index in [1.165, 1.54) is 57.1 Å². The van der Waals surface area contributed by atoms with Crippen LogP contribution in [0.25, 0.3) is 0 Å². The smallest absolute Gasteiger partial charge is 0.0441 e. The molecule has 1 N–H and O–H groups in total. The van der Waals surface area contributed by atoms with Crippen molar-refractivity contribution in [3.63, 3.8) is 0 Å². The second-order valence-electron chi connectivity index (χ2n) is 7.12. The predicted octanol–water partition coefficient (Wildman–Crippen LogP) is 5.39. The fraction of sp³-hybridized carbons (Fsp3) is 0.684. The van der Waals surface area contributed by atoms with Crippen LogP contribution >= 0.6 is 11.6 Å². The van der Waals surface area contributed by atoms with Crippen LogP contribution in [0.5, 0.6) is 0 Å². The van der Waals surface area contributed by atoms with Gasteiger partial charge in [0.25, 0.3) is 0 Å². The summed E-state index contributed by atoms with van der Waals surface area (Å²) < 4.78 is 0. The van der Waals surface area contributed by atoms with Gasteiger partial charge in [0.2, 0.25) is 0 Å². The van der Waals surface area contributed by atoms with Crippen molar-refractivity contribution < 1.29 is 0 Å². The molecule has 21 heavy (non-hydrogen) atoms. The van der Waals surface area contributed by atoms with E-state index in [9.17, 15) is 0 Å². The quantitative estimate of drug-likeness (QED) is 0.789. The number of rotatable bonds is 3. The summed E-state index contributed by atoms with van der Waals surface area (Å²) in [4.78, 5) is 0. The summed E-state index contributed by atoms with van der Waals surface area (Å²) in [7, 11) is 0. The van der Waals surface area contributed by atoms with E-state index in [0.717, 1.165) is 17.5 Å². The van der Waals surface area contributed by atoms with Crippen molar-refractivity contribution in [1.29, 1.82) is 0 Å². The first kappa shape index (κ1) is 15.4. The van der Waals surface area contributed by atoms with Crippen LogP contribution in [0, 0.1) is 11.3 Å². The summed E-state index contributed by atoms with van der Waals surface area (Å²) in [6.07, 6.45) is 9.73. The second kappa shape index (κ2) is 6.71. The molecule has 1 aromatic rings. The summed E-state index contributed by atoms with van der Waals surface area (Å²) >= 11 is 6.51. The van der Waals surface area contributed by atoms with E-state index < -0.39 is 0 Å². The summed E-state index contributed by atoms with van der Waals surface area (Å²) in [6, 6.07) is 8.50. The summed E-state index contributed by atoms with van der Waals surface area (Å²) in [5.74, 6) is 1.57. The zero-order valence-electron chi connectivity index (χ0n) is 13.2. The standard InChI is InChI=1S/C19H28ClN/c1-2-5-15-8-10-19(11-9-15)12-13-21-14-17(19)16-6-3-4-7-18(16)20/h3-4,6-7,15,17,21H,2,5,8-14H2,1H3. The van der Waals surface area contributed by atoms with Crippen molar-refractivity contribution in [3.05, 3.63) is 34.9 Å². The first-order valence-electron chi connectivity index (χ1n) is 8.70. The molecule has 1 heterocycles. The van der Waals surface area contributed by atoms with E-state index >= 15 is 0 Å². The molecule has 1 spiro atoms. The molecular weight excluding hydrogens is 278 g/mol. The molecule has 1 unspecified atom stereocenters. The highest BCUT2D eigenvalue weighted by Crippen LogP contribution is 2.53. The average Bonchev–Trinajstić information content (AvgIpc) is 2.51. The van der Waals surface area contributed by atoms with Gasteiger partial charge in [0.15, 0.2) is 0 Å². The summed E-state index contributed by atoms with van der Waals surface area (Å²) in [6.45, 7) is 4.60. The molecule has 1 atom stereocenters. The van der Waals surface area contributed by atoms with Crippen LogP contribution < -0.4 is 5.32 Å². The average molecular weight is 306 g/mol. The number of nitrogens with one attached hydrogen (secondary N) is 1. The molecule has 2 fully saturated rings. The molecule has 0 aromatic heterocycles. The normalized spacial score (nSPS) is 33.2. The van der Waals surface area contributed by atoms with Crippen molar-refractivity contribution in [2.24, 2.45) is 11.3 Å². The van der Waals surface area contributed by atoms with Crippen LogP contribution in [0.3, 0.4) is 0 Å². The molecule has 116 valence electrons. The van der Waals surface area contributed by atoms with E-state index in [1.807, 2.05) is 6.07 Å². The van der Waals surface area contributed by atoms with Crippen molar-refractivity contribution in [2.45, 2.75) is 57.8 Å². The van der Waals surface area contributed by atoms with Gasteiger partial charge in [-0.25, -0.2) is 0 Å². The molecule has 1 saturated carbocycles. The Balaban J connectivity index is 1.81. The van der Waals surface area contributed by atoms with Gasteiger partial charge in [-0.15, -0.1) is 0 Å². The lowest BCUT2D eigenvalue weighted by Crippen LogP contribution is -2.45. The molecule has 1 nitrogen and oxygen atoms in total. The molecule has 1 aromatic carbocycles. The van der Waals surface area contributed by atoms with E-state index in [0.29, 0.717) is 11.3 Å². The maximum absolute atomic E-state index is 6.51. The summed E-state index contributed by atoms with van der Waals surface area (Å²) in [5.41, 5.74) is 1.88. The Morgan fingerprint density at radius 1 is 1.19 bits per heavy atom. The van der Waals surface area contributed by atoms with E-state index in [-0.39, 0.29) is 0 Å². The van der Waals surface area contributed by atoms with Crippen molar-refractivity contribution >= 4 is 11.6 Å². The third kappa shape index (κ3) is 3.14. The number of hydrogen-bond donors (Lipinski definition) is 1. The summed E-state index contributed by atoms with van der Waals surface area (Å²) in [5, 5.41) is 4.57. The van der Waals surface area contributed by atoms with Crippen LogP contribution in [-0.2, 0) is 0 Å². The zero-order valence-corrected chi connectivity index (χ0v) is 14.0. The largest absolute Gasteiger partial charge is 0.316 e. The van der Waals surface area contributed by atoms with E-state index in [1.54, 1.807) is 0 Å². The zero-order chi connectivity index (χ0) is 14.7. The first-order chi connectivity index (χ1) is 10.2. The molecule has 3 rings (SSSR count). The Morgan fingerprint density at radius 2 is 1.95 bits per heavy atom. The van der Waals surface area contributed by atoms with Crippen molar-refractivity contribution in [1.82, 2.24) is 5.32 Å². The Morgan fingerprint density at radius 3 is 2.67 bits per heavy atom. The van der Waals surface area contributed by atoms with Gasteiger partial charge in [0.1, 0.15) is 0 Å². The van der Waals surface area contributed by atoms with E-state index in [4.69, 9.17) is 11.6 Å². The van der Waals surface area contributed by atoms with Crippen LogP contribution in [0.15, 0.2) is 24.3 Å². The minimum atomic E-state index is 0.500. The Hall–Kier alpha value is -0.530. The van der Waals surface area contributed by atoms with Gasteiger partial charge in [-0.05, 0) is 61.6 Å². The number of halogens is 1. The highest BCUT2D eigenvalue weighted by atomic mass is 35.5. The fourth-order valence-electron chi connectivity index (χ4n) is 4.72. The van der Waals surface area contributed by atoms with E-state index in [2.05, 4.69) is 30.4 Å². The lowest BCUT2D eigenvalue weighted by atomic mass is 9.58. The topological polar surface area (TPSA) is 12.0 Å². The van der Waals surface area contributed by atoms with Crippen LogP contribution in [-0.4, -0.2) is 13.1 Å². The van der Waals surface area contributed by atoms with Crippen LogP contribution in [0.2, 0.25) is 5.02 Å². The van der Waals surface area contributed by atoms with Crippen molar-refractivity contribution in [3.8, 4) is 0 Å². The van der Waals surface area contributed by atoms with Gasteiger partial charge in [0, 0.05) is 17.5 Å². The molecule has 1 aliphatic carbocycles. The molecule has 0 radical (unpaired) electrons. The Labute approximate surface area is 134 Å². The molecule has 1 saturated heterocycles. The molecule has 2 heteroatoms. The number of benzene rings is 1. The van der Waals surface area contributed by atoms with Crippen LogP contribution in [0.4, 0.5) is 0 Å². The number of hydrogen-bond acceptors (Lipinski definition) is 1. The monoisotopic (exact) mass is 305 g/mol. The highest BCUT2D eigenvalue weighted by Gasteiger charge is 2.44. The third-order valence-electron chi connectivity index (χ3n) is 5.97. The third-order valence-corrected chi connectivity index (χ3v) is 6.31. The van der Waals surface area contributed by atoms with Gasteiger partial charge < -0.3 is 5.32 Å². The van der Waals surface area contributed by atoms with Crippen LogP contribution in [0.1, 0.15) is 63.4 Å². The molecular formula is C19H28ClN. The predicted molar refractivity (Wildman–Crippen MR) is 91.0 cm³/mol.